The molecule has 64 valence electrons. The maximum absolute atomic E-state index is 8.71. The molecule has 0 radical (unpaired) electrons. The van der Waals surface area contributed by atoms with Gasteiger partial charge >= 0.3 is 0 Å². The summed E-state index contributed by atoms with van der Waals surface area (Å²) in [5, 5.41) is 8.71. The van der Waals surface area contributed by atoms with Crippen LogP contribution in [0.3, 0.4) is 0 Å². The molecule has 0 atom stereocenters. The standard InChI is InChI=1S/C9H6IN3/c1-13-8-4-6(5-11)2-3-7(8)12-9(13)10/h2-4H,1H3. The van der Waals surface area contributed by atoms with E-state index < -0.39 is 0 Å². The molecule has 3 nitrogen and oxygen atoms in total. The lowest BCUT2D eigenvalue weighted by atomic mass is 10.2. The fourth-order valence-electron chi connectivity index (χ4n) is 1.23. The average molecular weight is 283 g/mol. The Morgan fingerprint density at radius 2 is 2.31 bits per heavy atom. The summed E-state index contributed by atoms with van der Waals surface area (Å²) < 4.78 is 2.90. The number of hydrogen-bond donors (Lipinski definition) is 0. The molecule has 0 aliphatic heterocycles. The molecule has 2 aromatic rings. The van der Waals surface area contributed by atoms with E-state index >= 15 is 0 Å². The van der Waals surface area contributed by atoms with E-state index in [1.807, 2.05) is 23.7 Å². The Bertz CT molecular complexity index is 507. The number of nitrogens with zero attached hydrogens (tertiary/aromatic N) is 3. The molecule has 2 rings (SSSR count). The van der Waals surface area contributed by atoms with Crippen LogP contribution in [0.15, 0.2) is 18.2 Å². The van der Waals surface area contributed by atoms with Gasteiger partial charge in [-0.25, -0.2) is 4.98 Å². The van der Waals surface area contributed by atoms with E-state index in [2.05, 4.69) is 33.6 Å². The molecule has 1 aromatic heterocycles. The molecular weight excluding hydrogens is 277 g/mol. The quantitative estimate of drug-likeness (QED) is 0.694. The minimum atomic E-state index is 0.673. The Kier molecular flexibility index (Phi) is 1.96. The fourth-order valence-corrected chi connectivity index (χ4v) is 1.75. The van der Waals surface area contributed by atoms with Crippen LogP contribution in [0.5, 0.6) is 0 Å². The molecule has 1 aromatic carbocycles. The lowest BCUT2D eigenvalue weighted by Gasteiger charge is -1.94. The van der Waals surface area contributed by atoms with Crippen molar-refractivity contribution in [3.8, 4) is 6.07 Å². The first-order chi connectivity index (χ1) is 6.22. The predicted octanol–water partition coefficient (Wildman–Crippen LogP) is 2.05. The van der Waals surface area contributed by atoms with Gasteiger partial charge in [-0.1, -0.05) is 0 Å². The zero-order valence-electron chi connectivity index (χ0n) is 6.95. The molecule has 0 unspecified atom stereocenters. The Hall–Kier alpha value is -1.09. The minimum Gasteiger partial charge on any atom is -0.322 e. The van der Waals surface area contributed by atoms with Gasteiger partial charge in [-0.15, -0.1) is 0 Å². The lowest BCUT2D eigenvalue weighted by molar-refractivity contribution is 0.908. The van der Waals surface area contributed by atoms with Crippen LogP contribution >= 0.6 is 22.6 Å². The molecule has 0 amide bonds. The van der Waals surface area contributed by atoms with Gasteiger partial charge in [0.1, 0.15) is 0 Å². The van der Waals surface area contributed by atoms with Gasteiger partial charge in [-0.3, -0.25) is 0 Å². The van der Waals surface area contributed by atoms with E-state index in [4.69, 9.17) is 5.26 Å². The number of nitriles is 1. The molecule has 0 aliphatic rings. The summed E-state index contributed by atoms with van der Waals surface area (Å²) in [6.07, 6.45) is 0. The van der Waals surface area contributed by atoms with Crippen molar-refractivity contribution in [2.75, 3.05) is 0 Å². The van der Waals surface area contributed by atoms with Crippen molar-refractivity contribution in [3.63, 3.8) is 0 Å². The molecule has 0 spiro atoms. The third-order valence-electron chi connectivity index (χ3n) is 1.96. The Labute approximate surface area is 89.1 Å². The van der Waals surface area contributed by atoms with Gasteiger partial charge in [-0.05, 0) is 40.8 Å². The normalized spacial score (nSPS) is 10.2. The maximum Gasteiger partial charge on any atom is 0.172 e. The molecule has 0 N–H and O–H groups in total. The van der Waals surface area contributed by atoms with Crippen LogP contribution in [0.2, 0.25) is 0 Å². The van der Waals surface area contributed by atoms with Crippen LogP contribution in [0, 0.1) is 15.2 Å². The Morgan fingerprint density at radius 3 is 3.00 bits per heavy atom. The average Bonchev–Trinajstić information content (AvgIpc) is 2.43. The number of hydrogen-bond acceptors (Lipinski definition) is 2. The topological polar surface area (TPSA) is 41.6 Å². The second-order valence-corrected chi connectivity index (χ2v) is 3.72. The van der Waals surface area contributed by atoms with E-state index in [-0.39, 0.29) is 0 Å². The first-order valence-corrected chi connectivity index (χ1v) is 4.82. The summed E-state index contributed by atoms with van der Waals surface area (Å²) in [7, 11) is 1.94. The van der Waals surface area contributed by atoms with Crippen molar-refractivity contribution in [3.05, 3.63) is 27.6 Å². The van der Waals surface area contributed by atoms with E-state index in [0.29, 0.717) is 5.56 Å². The SMILES string of the molecule is Cn1c(I)nc2ccc(C#N)cc21. The number of halogens is 1. The molecule has 0 fully saturated rings. The molecule has 1 heterocycles. The third-order valence-corrected chi connectivity index (χ3v) is 2.92. The zero-order valence-corrected chi connectivity index (χ0v) is 9.11. The van der Waals surface area contributed by atoms with Crippen molar-refractivity contribution in [1.82, 2.24) is 9.55 Å². The first-order valence-electron chi connectivity index (χ1n) is 3.74. The van der Waals surface area contributed by atoms with E-state index in [1.165, 1.54) is 0 Å². The van der Waals surface area contributed by atoms with Crippen molar-refractivity contribution in [2.45, 2.75) is 0 Å². The van der Waals surface area contributed by atoms with Crippen molar-refractivity contribution in [2.24, 2.45) is 7.05 Å². The molecule has 0 saturated carbocycles. The highest BCUT2D eigenvalue weighted by Crippen LogP contribution is 2.17. The number of aryl methyl sites for hydroxylation is 1. The van der Waals surface area contributed by atoms with E-state index in [0.717, 1.165) is 14.9 Å². The molecular formula is C9H6IN3. The number of aromatic nitrogens is 2. The number of fused-ring (bicyclic) bond motifs is 1. The molecule has 4 heteroatoms. The smallest absolute Gasteiger partial charge is 0.172 e. The monoisotopic (exact) mass is 283 g/mol. The largest absolute Gasteiger partial charge is 0.322 e. The van der Waals surface area contributed by atoms with E-state index in [9.17, 15) is 0 Å². The van der Waals surface area contributed by atoms with Gasteiger partial charge < -0.3 is 4.57 Å². The fraction of sp³-hybridized carbons (Fsp3) is 0.111. The Morgan fingerprint density at radius 1 is 1.54 bits per heavy atom. The van der Waals surface area contributed by atoms with Crippen LogP contribution in [0.1, 0.15) is 5.56 Å². The molecule has 0 aliphatic carbocycles. The summed E-state index contributed by atoms with van der Waals surface area (Å²) in [5.41, 5.74) is 2.61. The van der Waals surface area contributed by atoms with Gasteiger partial charge in [0.15, 0.2) is 3.83 Å². The number of rotatable bonds is 0. The summed E-state index contributed by atoms with van der Waals surface area (Å²) in [6.45, 7) is 0. The van der Waals surface area contributed by atoms with Crippen LogP contribution in [-0.4, -0.2) is 9.55 Å². The molecule has 0 saturated heterocycles. The molecule has 13 heavy (non-hydrogen) atoms. The van der Waals surface area contributed by atoms with Crippen molar-refractivity contribution >= 4 is 33.6 Å². The van der Waals surface area contributed by atoms with Crippen molar-refractivity contribution in [1.29, 1.82) is 5.26 Å². The van der Waals surface area contributed by atoms with Crippen LogP contribution in [-0.2, 0) is 7.05 Å². The lowest BCUT2D eigenvalue weighted by Crippen LogP contribution is -1.89. The van der Waals surface area contributed by atoms with E-state index in [1.54, 1.807) is 6.07 Å². The highest BCUT2D eigenvalue weighted by Gasteiger charge is 2.04. The zero-order chi connectivity index (χ0) is 9.42. The molecule has 0 bridgehead atoms. The summed E-state index contributed by atoms with van der Waals surface area (Å²) in [6, 6.07) is 7.62. The van der Waals surface area contributed by atoms with Gasteiger partial charge in [0.25, 0.3) is 0 Å². The van der Waals surface area contributed by atoms with Crippen LogP contribution in [0.4, 0.5) is 0 Å². The predicted molar refractivity (Wildman–Crippen MR) is 58.1 cm³/mol. The second kappa shape index (κ2) is 3.00. The van der Waals surface area contributed by atoms with Gasteiger partial charge in [0.05, 0.1) is 22.7 Å². The Balaban J connectivity index is 2.84. The van der Waals surface area contributed by atoms with Crippen molar-refractivity contribution < 1.29 is 0 Å². The number of benzene rings is 1. The highest BCUT2D eigenvalue weighted by atomic mass is 127. The maximum atomic E-state index is 8.71. The highest BCUT2D eigenvalue weighted by molar-refractivity contribution is 14.1. The van der Waals surface area contributed by atoms with Crippen LogP contribution in [0.25, 0.3) is 11.0 Å². The third kappa shape index (κ3) is 1.29. The van der Waals surface area contributed by atoms with Gasteiger partial charge in [0, 0.05) is 7.05 Å². The van der Waals surface area contributed by atoms with Crippen LogP contribution < -0.4 is 0 Å². The number of imidazole rings is 1. The van der Waals surface area contributed by atoms with Gasteiger partial charge in [-0.2, -0.15) is 5.26 Å². The minimum absolute atomic E-state index is 0.673. The summed E-state index contributed by atoms with van der Waals surface area (Å²) in [4.78, 5) is 4.33. The second-order valence-electron chi connectivity index (χ2n) is 2.76. The first kappa shape index (κ1) is 8.51. The van der Waals surface area contributed by atoms with Gasteiger partial charge in [0.2, 0.25) is 0 Å². The summed E-state index contributed by atoms with van der Waals surface area (Å²) in [5.74, 6) is 0. The summed E-state index contributed by atoms with van der Waals surface area (Å²) >= 11 is 2.17.